The number of carbonyl (C=O) groups excluding carboxylic acids is 2. The molecule has 0 aliphatic carbocycles. The summed E-state index contributed by atoms with van der Waals surface area (Å²) in [5.74, 6) is -0.0879. The van der Waals surface area contributed by atoms with Gasteiger partial charge in [-0.05, 0) is 26.2 Å². The van der Waals surface area contributed by atoms with Crippen molar-refractivity contribution < 1.29 is 18.0 Å². The SMILES string of the molecule is CCS(=O)(=O)N(C)CCCNC(=O)C1CCCN(C(=O)C(C)C)C1. The van der Waals surface area contributed by atoms with Crippen molar-refractivity contribution in [3.05, 3.63) is 0 Å². The maximum Gasteiger partial charge on any atom is 0.225 e. The number of hydrogen-bond acceptors (Lipinski definition) is 4. The van der Waals surface area contributed by atoms with E-state index >= 15 is 0 Å². The van der Waals surface area contributed by atoms with E-state index in [1.165, 1.54) is 4.31 Å². The lowest BCUT2D eigenvalue weighted by Crippen LogP contribution is -2.47. The lowest BCUT2D eigenvalue weighted by molar-refractivity contribution is -0.138. The molecular formula is C16H31N3O4S. The molecular weight excluding hydrogens is 330 g/mol. The van der Waals surface area contributed by atoms with Crippen molar-refractivity contribution in [3.8, 4) is 0 Å². The van der Waals surface area contributed by atoms with Crippen LogP contribution in [0.15, 0.2) is 0 Å². The highest BCUT2D eigenvalue weighted by atomic mass is 32.2. The molecule has 0 aromatic heterocycles. The lowest BCUT2D eigenvalue weighted by Gasteiger charge is -2.33. The van der Waals surface area contributed by atoms with E-state index in [1.54, 1.807) is 18.9 Å². The number of nitrogens with one attached hydrogen (secondary N) is 1. The first kappa shape index (κ1) is 20.9. The van der Waals surface area contributed by atoms with Crippen LogP contribution in [0.4, 0.5) is 0 Å². The molecule has 1 atom stereocenters. The zero-order chi connectivity index (χ0) is 18.3. The second-order valence-corrected chi connectivity index (χ2v) is 9.01. The summed E-state index contributed by atoms with van der Waals surface area (Å²) in [6.07, 6.45) is 2.20. The second kappa shape index (κ2) is 9.36. The summed E-state index contributed by atoms with van der Waals surface area (Å²) < 4.78 is 24.6. The summed E-state index contributed by atoms with van der Waals surface area (Å²) in [6, 6.07) is 0. The Morgan fingerprint density at radius 2 is 2.00 bits per heavy atom. The minimum absolute atomic E-state index is 0.0442. The van der Waals surface area contributed by atoms with Gasteiger partial charge >= 0.3 is 0 Å². The van der Waals surface area contributed by atoms with Crippen molar-refractivity contribution in [2.75, 3.05) is 39.0 Å². The molecule has 0 aromatic carbocycles. The second-order valence-electron chi connectivity index (χ2n) is 6.64. The highest BCUT2D eigenvalue weighted by Crippen LogP contribution is 2.18. The van der Waals surface area contributed by atoms with Crippen LogP contribution >= 0.6 is 0 Å². The van der Waals surface area contributed by atoms with Gasteiger partial charge in [-0.1, -0.05) is 13.8 Å². The highest BCUT2D eigenvalue weighted by molar-refractivity contribution is 7.89. The third-order valence-electron chi connectivity index (χ3n) is 4.39. The quantitative estimate of drug-likeness (QED) is 0.644. The Morgan fingerprint density at radius 1 is 1.33 bits per heavy atom. The summed E-state index contributed by atoms with van der Waals surface area (Å²) >= 11 is 0. The topological polar surface area (TPSA) is 86.8 Å². The van der Waals surface area contributed by atoms with E-state index in [4.69, 9.17) is 0 Å². The first-order valence-electron chi connectivity index (χ1n) is 8.69. The Morgan fingerprint density at radius 3 is 2.58 bits per heavy atom. The molecule has 1 aliphatic heterocycles. The van der Waals surface area contributed by atoms with Gasteiger partial charge in [0.1, 0.15) is 0 Å². The predicted octanol–water partition coefficient (Wildman–Crippen LogP) is 0.669. The number of rotatable bonds is 8. The number of amides is 2. The smallest absolute Gasteiger partial charge is 0.225 e. The Labute approximate surface area is 145 Å². The molecule has 1 aliphatic rings. The molecule has 1 saturated heterocycles. The van der Waals surface area contributed by atoms with E-state index in [2.05, 4.69) is 5.32 Å². The number of carbonyl (C=O) groups is 2. The van der Waals surface area contributed by atoms with E-state index in [0.717, 1.165) is 19.4 Å². The minimum Gasteiger partial charge on any atom is -0.356 e. The van der Waals surface area contributed by atoms with E-state index in [-0.39, 0.29) is 29.4 Å². The van der Waals surface area contributed by atoms with Crippen molar-refractivity contribution in [3.63, 3.8) is 0 Å². The largest absolute Gasteiger partial charge is 0.356 e. The number of piperidine rings is 1. The Balaban J connectivity index is 2.36. The zero-order valence-electron chi connectivity index (χ0n) is 15.2. The number of nitrogens with zero attached hydrogens (tertiary/aromatic N) is 2. The van der Waals surface area contributed by atoms with Crippen LogP contribution in [0.25, 0.3) is 0 Å². The highest BCUT2D eigenvalue weighted by Gasteiger charge is 2.29. The molecule has 0 saturated carbocycles. The van der Waals surface area contributed by atoms with Crippen molar-refractivity contribution in [2.24, 2.45) is 11.8 Å². The van der Waals surface area contributed by atoms with Crippen LogP contribution < -0.4 is 5.32 Å². The fourth-order valence-corrected chi connectivity index (χ4v) is 3.62. The molecule has 1 unspecified atom stereocenters. The summed E-state index contributed by atoms with van der Waals surface area (Å²) in [5.41, 5.74) is 0. The van der Waals surface area contributed by atoms with E-state index in [9.17, 15) is 18.0 Å². The summed E-state index contributed by atoms with van der Waals surface area (Å²) in [7, 11) is -1.62. The van der Waals surface area contributed by atoms with Crippen molar-refractivity contribution in [1.82, 2.24) is 14.5 Å². The third kappa shape index (κ3) is 6.05. The maximum absolute atomic E-state index is 12.3. The van der Waals surface area contributed by atoms with Crippen LogP contribution in [0.3, 0.4) is 0 Å². The van der Waals surface area contributed by atoms with Crippen LogP contribution in [0.5, 0.6) is 0 Å². The van der Waals surface area contributed by atoms with Crippen LogP contribution in [-0.4, -0.2) is 68.4 Å². The average molecular weight is 362 g/mol. The van der Waals surface area contributed by atoms with E-state index < -0.39 is 10.0 Å². The van der Waals surface area contributed by atoms with Gasteiger partial charge in [0, 0.05) is 39.1 Å². The Hall–Kier alpha value is -1.15. The van der Waals surface area contributed by atoms with Gasteiger partial charge in [0.15, 0.2) is 0 Å². The third-order valence-corrected chi connectivity index (χ3v) is 6.25. The minimum atomic E-state index is -3.17. The van der Waals surface area contributed by atoms with Gasteiger partial charge in [-0.2, -0.15) is 0 Å². The number of hydrogen-bond donors (Lipinski definition) is 1. The Bertz CT molecular complexity index is 533. The molecule has 140 valence electrons. The predicted molar refractivity (Wildman–Crippen MR) is 93.9 cm³/mol. The van der Waals surface area contributed by atoms with Crippen LogP contribution in [0, 0.1) is 11.8 Å². The van der Waals surface area contributed by atoms with Gasteiger partial charge in [0.2, 0.25) is 21.8 Å². The lowest BCUT2D eigenvalue weighted by atomic mass is 9.96. The zero-order valence-corrected chi connectivity index (χ0v) is 16.1. The van der Waals surface area contributed by atoms with Crippen molar-refractivity contribution in [2.45, 2.75) is 40.0 Å². The molecule has 0 spiro atoms. The standard InChI is InChI=1S/C16H31N3O4S/c1-5-24(22,23)18(4)10-7-9-17-15(20)14-8-6-11-19(12-14)16(21)13(2)3/h13-14H,5-12H2,1-4H3,(H,17,20). The normalized spacial score (nSPS) is 18.9. The molecule has 1 fully saturated rings. The van der Waals surface area contributed by atoms with Crippen molar-refractivity contribution in [1.29, 1.82) is 0 Å². The molecule has 0 radical (unpaired) electrons. The van der Waals surface area contributed by atoms with Gasteiger partial charge in [0.25, 0.3) is 0 Å². The first-order valence-corrected chi connectivity index (χ1v) is 10.3. The summed E-state index contributed by atoms with van der Waals surface area (Å²) in [6.45, 7) is 7.38. The van der Waals surface area contributed by atoms with Crippen molar-refractivity contribution >= 4 is 21.8 Å². The van der Waals surface area contributed by atoms with Gasteiger partial charge < -0.3 is 10.2 Å². The Kier molecular flexibility index (Phi) is 8.15. The first-order chi connectivity index (χ1) is 11.2. The van der Waals surface area contributed by atoms with Gasteiger partial charge in [0.05, 0.1) is 11.7 Å². The fourth-order valence-electron chi connectivity index (χ4n) is 2.77. The number of sulfonamides is 1. The van der Waals surface area contributed by atoms with Gasteiger partial charge in [-0.15, -0.1) is 0 Å². The van der Waals surface area contributed by atoms with E-state index in [0.29, 0.717) is 26.1 Å². The van der Waals surface area contributed by atoms with E-state index in [1.807, 2.05) is 13.8 Å². The van der Waals surface area contributed by atoms with Gasteiger partial charge in [-0.3, -0.25) is 9.59 Å². The monoisotopic (exact) mass is 361 g/mol. The van der Waals surface area contributed by atoms with Crippen LogP contribution in [0.2, 0.25) is 0 Å². The van der Waals surface area contributed by atoms with Crippen LogP contribution in [-0.2, 0) is 19.6 Å². The maximum atomic E-state index is 12.3. The molecule has 1 heterocycles. The summed E-state index contributed by atoms with van der Waals surface area (Å²) in [4.78, 5) is 26.1. The average Bonchev–Trinajstić information content (AvgIpc) is 2.57. The molecule has 24 heavy (non-hydrogen) atoms. The molecule has 1 rings (SSSR count). The van der Waals surface area contributed by atoms with Crippen LogP contribution in [0.1, 0.15) is 40.0 Å². The molecule has 8 heteroatoms. The summed E-state index contributed by atoms with van der Waals surface area (Å²) in [5, 5.41) is 2.87. The molecule has 7 nitrogen and oxygen atoms in total. The van der Waals surface area contributed by atoms with Gasteiger partial charge in [-0.25, -0.2) is 12.7 Å². The molecule has 0 bridgehead atoms. The molecule has 1 N–H and O–H groups in total. The molecule has 0 aromatic rings. The molecule has 2 amide bonds. The number of likely N-dealkylation sites (tertiary alicyclic amines) is 1. The fraction of sp³-hybridized carbons (Fsp3) is 0.875.